The van der Waals surface area contributed by atoms with E-state index in [0.717, 1.165) is 24.8 Å². The van der Waals surface area contributed by atoms with Gasteiger partial charge in [0, 0.05) is 5.69 Å². The van der Waals surface area contributed by atoms with Crippen molar-refractivity contribution >= 4 is 10.0 Å². The van der Waals surface area contributed by atoms with Crippen LogP contribution in [0.4, 0.5) is 0 Å². The smallest absolute Gasteiger partial charge is 0.209 e. The minimum absolute atomic E-state index is 0.256. The average molecular weight is 229 g/mol. The lowest BCUT2D eigenvalue weighted by molar-refractivity contribution is 0.586. The first-order valence-corrected chi connectivity index (χ1v) is 6.95. The van der Waals surface area contributed by atoms with Gasteiger partial charge >= 0.3 is 0 Å². The van der Waals surface area contributed by atoms with Gasteiger partial charge < -0.3 is 4.98 Å². The number of hydrogen-bond acceptors (Lipinski definition) is 3. The van der Waals surface area contributed by atoms with E-state index in [2.05, 4.69) is 14.7 Å². The van der Waals surface area contributed by atoms with Gasteiger partial charge in [0.15, 0.2) is 0 Å². The van der Waals surface area contributed by atoms with E-state index in [0.29, 0.717) is 5.82 Å². The zero-order chi connectivity index (χ0) is 10.9. The van der Waals surface area contributed by atoms with Crippen molar-refractivity contribution in [2.75, 3.05) is 6.26 Å². The molecular formula is C9H15N3O2S. The van der Waals surface area contributed by atoms with Crippen molar-refractivity contribution in [3.63, 3.8) is 0 Å². The van der Waals surface area contributed by atoms with Gasteiger partial charge in [-0.3, -0.25) is 0 Å². The Labute approximate surface area is 89.4 Å². The van der Waals surface area contributed by atoms with E-state index < -0.39 is 10.0 Å². The zero-order valence-corrected chi connectivity index (χ0v) is 9.52. The van der Waals surface area contributed by atoms with E-state index >= 15 is 0 Å². The second-order valence-electron chi connectivity index (χ2n) is 3.91. The highest BCUT2D eigenvalue weighted by molar-refractivity contribution is 7.88. The molecule has 0 aromatic carbocycles. The van der Waals surface area contributed by atoms with Crippen molar-refractivity contribution in [1.82, 2.24) is 14.7 Å². The van der Waals surface area contributed by atoms with Crippen molar-refractivity contribution in [2.45, 2.75) is 32.2 Å². The Hall–Kier alpha value is -0.880. The third kappa shape index (κ3) is 2.79. The number of imidazole rings is 1. The highest BCUT2D eigenvalue weighted by atomic mass is 32.2. The molecule has 1 aliphatic rings. The molecule has 0 atom stereocenters. The second kappa shape index (κ2) is 3.94. The number of nitrogens with zero attached hydrogens (tertiary/aromatic N) is 1. The molecule has 6 heteroatoms. The van der Waals surface area contributed by atoms with Crippen molar-refractivity contribution < 1.29 is 8.42 Å². The summed E-state index contributed by atoms with van der Waals surface area (Å²) in [5.41, 5.74) is 2.28. The van der Waals surface area contributed by atoms with Crippen LogP contribution < -0.4 is 4.72 Å². The standard InChI is InChI=1S/C9H15N3O2S/c1-15(13,14)10-6-9-11-7-4-2-3-5-8(7)12-9/h10H,2-6H2,1H3,(H,11,12). The Morgan fingerprint density at radius 2 is 2.13 bits per heavy atom. The Morgan fingerprint density at radius 1 is 1.40 bits per heavy atom. The van der Waals surface area contributed by atoms with E-state index in [-0.39, 0.29) is 6.54 Å². The van der Waals surface area contributed by atoms with Gasteiger partial charge in [-0.25, -0.2) is 18.1 Å². The number of aromatic nitrogens is 2. The largest absolute Gasteiger partial charge is 0.345 e. The van der Waals surface area contributed by atoms with Gasteiger partial charge in [-0.05, 0) is 25.7 Å². The second-order valence-corrected chi connectivity index (χ2v) is 5.74. The molecule has 0 spiro atoms. The molecule has 0 saturated heterocycles. The number of sulfonamides is 1. The molecule has 0 radical (unpaired) electrons. The summed E-state index contributed by atoms with van der Waals surface area (Å²) in [4.78, 5) is 7.54. The normalized spacial score (nSPS) is 16.3. The molecule has 1 heterocycles. The molecule has 0 fully saturated rings. The molecule has 2 N–H and O–H groups in total. The number of fused-ring (bicyclic) bond motifs is 1. The van der Waals surface area contributed by atoms with Crippen LogP contribution >= 0.6 is 0 Å². The molecule has 0 bridgehead atoms. The van der Waals surface area contributed by atoms with Crippen LogP contribution in [0.3, 0.4) is 0 Å². The summed E-state index contributed by atoms with van der Waals surface area (Å²) >= 11 is 0. The summed E-state index contributed by atoms with van der Waals surface area (Å²) < 4.78 is 24.2. The van der Waals surface area contributed by atoms with Crippen LogP contribution in [0.2, 0.25) is 0 Å². The zero-order valence-electron chi connectivity index (χ0n) is 8.71. The molecule has 2 rings (SSSR count). The quantitative estimate of drug-likeness (QED) is 0.784. The predicted molar refractivity (Wildman–Crippen MR) is 56.9 cm³/mol. The third-order valence-corrected chi connectivity index (χ3v) is 3.17. The SMILES string of the molecule is CS(=O)(=O)NCc1nc2c([nH]1)CCCC2. The first-order valence-electron chi connectivity index (χ1n) is 5.06. The molecule has 84 valence electrons. The fraction of sp³-hybridized carbons (Fsp3) is 0.667. The van der Waals surface area contributed by atoms with Crippen LogP contribution in [-0.4, -0.2) is 24.6 Å². The van der Waals surface area contributed by atoms with Crippen molar-refractivity contribution in [3.8, 4) is 0 Å². The Morgan fingerprint density at radius 3 is 2.80 bits per heavy atom. The molecule has 0 aliphatic heterocycles. The first kappa shape index (κ1) is 10.6. The maximum atomic E-state index is 10.9. The summed E-state index contributed by atoms with van der Waals surface area (Å²) in [5.74, 6) is 0.715. The van der Waals surface area contributed by atoms with Crippen LogP contribution in [-0.2, 0) is 29.4 Å². The molecule has 15 heavy (non-hydrogen) atoms. The molecule has 0 amide bonds. The number of nitrogens with one attached hydrogen (secondary N) is 2. The molecule has 1 aromatic heterocycles. The van der Waals surface area contributed by atoms with E-state index in [4.69, 9.17) is 0 Å². The monoisotopic (exact) mass is 229 g/mol. The number of H-pyrrole nitrogens is 1. The van der Waals surface area contributed by atoms with Gasteiger partial charge in [-0.15, -0.1) is 0 Å². The Balaban J connectivity index is 2.07. The maximum Gasteiger partial charge on any atom is 0.209 e. The predicted octanol–water partition coefficient (Wildman–Crippen LogP) is 0.338. The number of aromatic amines is 1. The van der Waals surface area contributed by atoms with Gasteiger partial charge in [0.25, 0.3) is 0 Å². The van der Waals surface area contributed by atoms with Crippen molar-refractivity contribution in [1.29, 1.82) is 0 Å². The lowest BCUT2D eigenvalue weighted by Gasteiger charge is -2.07. The average Bonchev–Trinajstić information content (AvgIpc) is 2.56. The summed E-state index contributed by atoms with van der Waals surface area (Å²) in [7, 11) is -3.13. The van der Waals surface area contributed by atoms with Crippen LogP contribution in [0, 0.1) is 0 Å². The van der Waals surface area contributed by atoms with Crippen LogP contribution in [0.1, 0.15) is 30.1 Å². The summed E-state index contributed by atoms with van der Waals surface area (Å²) in [6.45, 7) is 0.256. The fourth-order valence-corrected chi connectivity index (χ4v) is 2.19. The molecule has 1 aromatic rings. The Kier molecular flexibility index (Phi) is 2.79. The Bertz CT molecular complexity index is 426. The fourth-order valence-electron chi connectivity index (χ4n) is 1.80. The van der Waals surface area contributed by atoms with Gasteiger partial charge in [0.1, 0.15) is 5.82 Å². The summed E-state index contributed by atoms with van der Waals surface area (Å²) in [5, 5.41) is 0. The summed E-state index contributed by atoms with van der Waals surface area (Å²) in [6.07, 6.45) is 5.55. The third-order valence-electron chi connectivity index (χ3n) is 2.51. The van der Waals surface area contributed by atoms with E-state index in [1.807, 2.05) is 0 Å². The van der Waals surface area contributed by atoms with Crippen molar-refractivity contribution in [2.24, 2.45) is 0 Å². The number of rotatable bonds is 3. The van der Waals surface area contributed by atoms with Gasteiger partial charge in [0.05, 0.1) is 18.5 Å². The first-order chi connectivity index (χ1) is 7.04. The molecule has 1 aliphatic carbocycles. The lowest BCUT2D eigenvalue weighted by atomic mass is 10.0. The maximum absolute atomic E-state index is 10.9. The van der Waals surface area contributed by atoms with Crippen LogP contribution in [0.15, 0.2) is 0 Å². The number of aryl methyl sites for hydroxylation is 2. The lowest BCUT2D eigenvalue weighted by Crippen LogP contribution is -2.21. The molecule has 0 unspecified atom stereocenters. The minimum Gasteiger partial charge on any atom is -0.345 e. The van der Waals surface area contributed by atoms with Gasteiger partial charge in [0.2, 0.25) is 10.0 Å². The van der Waals surface area contributed by atoms with Crippen LogP contribution in [0.25, 0.3) is 0 Å². The molecule has 0 saturated carbocycles. The highest BCUT2D eigenvalue weighted by Gasteiger charge is 2.14. The van der Waals surface area contributed by atoms with Crippen LogP contribution in [0.5, 0.6) is 0 Å². The van der Waals surface area contributed by atoms with Crippen molar-refractivity contribution in [3.05, 3.63) is 17.2 Å². The number of hydrogen-bond donors (Lipinski definition) is 2. The molecular weight excluding hydrogens is 214 g/mol. The summed E-state index contributed by atoms with van der Waals surface area (Å²) in [6, 6.07) is 0. The highest BCUT2D eigenvalue weighted by Crippen LogP contribution is 2.18. The van der Waals surface area contributed by atoms with Gasteiger partial charge in [-0.1, -0.05) is 0 Å². The van der Waals surface area contributed by atoms with Gasteiger partial charge in [-0.2, -0.15) is 0 Å². The van der Waals surface area contributed by atoms with E-state index in [9.17, 15) is 8.42 Å². The minimum atomic E-state index is -3.13. The topological polar surface area (TPSA) is 74.8 Å². The molecule has 5 nitrogen and oxygen atoms in total. The van der Waals surface area contributed by atoms with E-state index in [1.54, 1.807) is 0 Å². The van der Waals surface area contributed by atoms with E-state index in [1.165, 1.54) is 18.5 Å².